The second-order valence-corrected chi connectivity index (χ2v) is 4.10. The number of aromatic nitrogens is 3. The molecule has 0 atom stereocenters. The Morgan fingerprint density at radius 1 is 1.26 bits per heavy atom. The van der Waals surface area contributed by atoms with Crippen molar-refractivity contribution in [2.75, 3.05) is 13.7 Å². The van der Waals surface area contributed by atoms with Gasteiger partial charge in [0.2, 0.25) is 0 Å². The smallest absolute Gasteiger partial charge is 0.158 e. The van der Waals surface area contributed by atoms with Crippen molar-refractivity contribution in [2.24, 2.45) is 0 Å². The van der Waals surface area contributed by atoms with Gasteiger partial charge < -0.3 is 14.4 Å². The van der Waals surface area contributed by atoms with Crippen LogP contribution < -0.4 is 0 Å². The van der Waals surface area contributed by atoms with Crippen molar-refractivity contribution < 1.29 is 14.2 Å². The van der Waals surface area contributed by atoms with Crippen LogP contribution in [0.2, 0.25) is 0 Å². The number of aliphatic hydroxyl groups excluding tert-OH is 1. The fraction of sp³-hybridized carbons (Fsp3) is 0.385. The molecule has 6 heteroatoms. The van der Waals surface area contributed by atoms with Crippen LogP contribution in [0.4, 0.5) is 4.39 Å². The molecule has 19 heavy (non-hydrogen) atoms. The van der Waals surface area contributed by atoms with E-state index in [0.29, 0.717) is 36.8 Å². The fourth-order valence-electron chi connectivity index (χ4n) is 1.87. The van der Waals surface area contributed by atoms with Crippen LogP contribution in [0.5, 0.6) is 0 Å². The van der Waals surface area contributed by atoms with Gasteiger partial charge in [0.05, 0.1) is 6.61 Å². The molecule has 0 fully saturated rings. The first-order chi connectivity index (χ1) is 9.26. The number of nitrogens with zero attached hydrogens (tertiary/aromatic N) is 3. The number of hydrogen-bond acceptors (Lipinski definition) is 4. The van der Waals surface area contributed by atoms with Crippen molar-refractivity contribution in [3.8, 4) is 0 Å². The van der Waals surface area contributed by atoms with E-state index >= 15 is 0 Å². The first-order valence-corrected chi connectivity index (χ1v) is 6.00. The van der Waals surface area contributed by atoms with Gasteiger partial charge in [-0.1, -0.05) is 18.2 Å². The maximum Gasteiger partial charge on any atom is 0.158 e. The molecule has 0 aliphatic rings. The molecular formula is C13H16FN3O2. The van der Waals surface area contributed by atoms with Gasteiger partial charge in [-0.25, -0.2) is 4.39 Å². The topological polar surface area (TPSA) is 60.2 Å². The van der Waals surface area contributed by atoms with E-state index in [-0.39, 0.29) is 12.4 Å². The molecule has 1 aromatic heterocycles. The molecule has 0 aliphatic heterocycles. The third-order valence-corrected chi connectivity index (χ3v) is 2.87. The molecule has 1 heterocycles. The average Bonchev–Trinajstić information content (AvgIpc) is 2.81. The second-order valence-electron chi connectivity index (χ2n) is 4.10. The van der Waals surface area contributed by atoms with Gasteiger partial charge >= 0.3 is 0 Å². The summed E-state index contributed by atoms with van der Waals surface area (Å²) in [5.41, 5.74) is 0.554. The van der Waals surface area contributed by atoms with Crippen LogP contribution in [0.15, 0.2) is 24.3 Å². The number of halogens is 1. The summed E-state index contributed by atoms with van der Waals surface area (Å²) in [5, 5.41) is 17.1. The summed E-state index contributed by atoms with van der Waals surface area (Å²) in [6.07, 6.45) is 0.337. The number of hydrogen-bond donors (Lipinski definition) is 1. The minimum atomic E-state index is -0.269. The number of rotatable bonds is 6. The lowest BCUT2D eigenvalue weighted by Crippen LogP contribution is -2.12. The van der Waals surface area contributed by atoms with Crippen molar-refractivity contribution in [1.29, 1.82) is 0 Å². The molecule has 1 aromatic carbocycles. The van der Waals surface area contributed by atoms with Crippen LogP contribution >= 0.6 is 0 Å². The lowest BCUT2D eigenvalue weighted by Gasteiger charge is -2.09. The SMILES string of the molecule is COCCn1c(CO)nnc1Cc1ccccc1F. The number of aliphatic hydroxyl groups is 1. The zero-order valence-electron chi connectivity index (χ0n) is 10.7. The van der Waals surface area contributed by atoms with Crippen molar-refractivity contribution in [1.82, 2.24) is 14.8 Å². The average molecular weight is 265 g/mol. The van der Waals surface area contributed by atoms with Gasteiger partial charge in [-0.15, -0.1) is 10.2 Å². The highest BCUT2D eigenvalue weighted by Gasteiger charge is 2.13. The normalized spacial score (nSPS) is 10.9. The molecule has 0 saturated carbocycles. The molecule has 5 nitrogen and oxygen atoms in total. The highest BCUT2D eigenvalue weighted by molar-refractivity contribution is 5.21. The summed E-state index contributed by atoms with van der Waals surface area (Å²) < 4.78 is 20.4. The Morgan fingerprint density at radius 2 is 2.00 bits per heavy atom. The van der Waals surface area contributed by atoms with Crippen molar-refractivity contribution in [2.45, 2.75) is 19.6 Å². The van der Waals surface area contributed by atoms with E-state index in [9.17, 15) is 9.50 Å². The summed E-state index contributed by atoms with van der Waals surface area (Å²) in [6.45, 7) is 0.812. The van der Waals surface area contributed by atoms with Gasteiger partial charge in [-0.05, 0) is 11.6 Å². The van der Waals surface area contributed by atoms with Crippen molar-refractivity contribution in [3.63, 3.8) is 0 Å². The van der Waals surface area contributed by atoms with E-state index in [4.69, 9.17) is 4.74 Å². The van der Waals surface area contributed by atoms with Crippen LogP contribution in [-0.4, -0.2) is 33.6 Å². The summed E-state index contributed by atoms with van der Waals surface area (Å²) in [5.74, 6) is 0.809. The molecule has 0 spiro atoms. The zero-order chi connectivity index (χ0) is 13.7. The minimum Gasteiger partial charge on any atom is -0.388 e. The Kier molecular flexibility index (Phi) is 4.59. The molecule has 2 aromatic rings. The summed E-state index contributed by atoms with van der Waals surface area (Å²) >= 11 is 0. The molecule has 0 amide bonds. The highest BCUT2D eigenvalue weighted by Crippen LogP contribution is 2.13. The first kappa shape index (κ1) is 13.6. The van der Waals surface area contributed by atoms with Gasteiger partial charge in [0.1, 0.15) is 18.2 Å². The largest absolute Gasteiger partial charge is 0.388 e. The minimum absolute atomic E-state index is 0.200. The third kappa shape index (κ3) is 3.15. The molecule has 0 bridgehead atoms. The summed E-state index contributed by atoms with van der Waals surface area (Å²) in [4.78, 5) is 0. The standard InChI is InChI=1S/C13H16FN3O2/c1-19-7-6-17-12(15-16-13(17)9-18)8-10-4-2-3-5-11(10)14/h2-5,18H,6-9H2,1H3. The second kappa shape index (κ2) is 6.40. The first-order valence-electron chi connectivity index (χ1n) is 6.00. The summed E-state index contributed by atoms with van der Waals surface area (Å²) in [7, 11) is 1.60. The van der Waals surface area contributed by atoms with Gasteiger partial charge in [0.25, 0.3) is 0 Å². The molecule has 0 unspecified atom stereocenters. The highest BCUT2D eigenvalue weighted by atomic mass is 19.1. The van der Waals surface area contributed by atoms with Crippen LogP contribution in [0.3, 0.4) is 0 Å². The van der Waals surface area contributed by atoms with Crippen LogP contribution in [0.25, 0.3) is 0 Å². The third-order valence-electron chi connectivity index (χ3n) is 2.87. The molecule has 0 aliphatic carbocycles. The maximum absolute atomic E-state index is 13.6. The number of methoxy groups -OCH3 is 1. The molecular weight excluding hydrogens is 249 g/mol. The lowest BCUT2D eigenvalue weighted by atomic mass is 10.1. The molecule has 0 radical (unpaired) electrons. The van der Waals surface area contributed by atoms with Crippen molar-refractivity contribution in [3.05, 3.63) is 47.3 Å². The van der Waals surface area contributed by atoms with E-state index in [1.54, 1.807) is 29.9 Å². The zero-order valence-corrected chi connectivity index (χ0v) is 10.7. The van der Waals surface area contributed by atoms with Gasteiger partial charge in [0, 0.05) is 20.1 Å². The predicted molar refractivity (Wildman–Crippen MR) is 67.0 cm³/mol. The Bertz CT molecular complexity index is 542. The van der Waals surface area contributed by atoms with Gasteiger partial charge in [0.15, 0.2) is 5.82 Å². The van der Waals surface area contributed by atoms with E-state index < -0.39 is 0 Å². The van der Waals surface area contributed by atoms with Gasteiger partial charge in [-0.3, -0.25) is 0 Å². The number of ether oxygens (including phenoxy) is 1. The van der Waals surface area contributed by atoms with E-state index in [2.05, 4.69) is 10.2 Å². The number of benzene rings is 1. The van der Waals surface area contributed by atoms with E-state index in [1.807, 2.05) is 0 Å². The Balaban J connectivity index is 2.24. The van der Waals surface area contributed by atoms with Crippen LogP contribution in [-0.2, 0) is 24.3 Å². The maximum atomic E-state index is 13.6. The lowest BCUT2D eigenvalue weighted by molar-refractivity contribution is 0.181. The monoisotopic (exact) mass is 265 g/mol. The van der Waals surface area contributed by atoms with E-state index in [0.717, 1.165) is 0 Å². The molecule has 1 N–H and O–H groups in total. The molecule has 0 saturated heterocycles. The Labute approximate surface area is 110 Å². The van der Waals surface area contributed by atoms with Crippen molar-refractivity contribution >= 4 is 0 Å². The summed E-state index contributed by atoms with van der Waals surface area (Å²) in [6, 6.07) is 6.55. The molecule has 2 rings (SSSR count). The van der Waals surface area contributed by atoms with E-state index in [1.165, 1.54) is 6.07 Å². The Morgan fingerprint density at radius 3 is 2.68 bits per heavy atom. The molecule has 102 valence electrons. The van der Waals surface area contributed by atoms with Crippen LogP contribution in [0.1, 0.15) is 17.2 Å². The van der Waals surface area contributed by atoms with Crippen LogP contribution in [0, 0.1) is 5.82 Å². The Hall–Kier alpha value is -1.79. The van der Waals surface area contributed by atoms with Gasteiger partial charge in [-0.2, -0.15) is 0 Å². The quantitative estimate of drug-likeness (QED) is 0.851. The predicted octanol–water partition coefficient (Wildman–Crippen LogP) is 1.15. The fourth-order valence-corrected chi connectivity index (χ4v) is 1.87.